The first-order chi connectivity index (χ1) is 7.88. The monoisotopic (exact) mass is 237 g/mol. The van der Waals surface area contributed by atoms with Gasteiger partial charge in [-0.05, 0) is 37.3 Å². The van der Waals surface area contributed by atoms with Crippen LogP contribution in [0.2, 0.25) is 0 Å². The molecule has 0 aromatic rings. The predicted octanol–water partition coefficient (Wildman–Crippen LogP) is 5.78. The van der Waals surface area contributed by atoms with E-state index < -0.39 is 0 Å². The van der Waals surface area contributed by atoms with Crippen molar-refractivity contribution in [2.75, 3.05) is 0 Å². The number of nitrogens with zero attached hydrogens (tertiary/aromatic N) is 1. The van der Waals surface area contributed by atoms with Gasteiger partial charge in [0.2, 0.25) is 0 Å². The second-order valence-corrected chi connectivity index (χ2v) is 5.02. The Balaban J connectivity index is 0. The fraction of sp³-hybridized carbons (Fsp3) is 0.688. The summed E-state index contributed by atoms with van der Waals surface area (Å²) in [5, 5.41) is 0. The molecule has 0 aliphatic heterocycles. The summed E-state index contributed by atoms with van der Waals surface area (Å²) >= 11 is 0. The molecule has 0 radical (unpaired) electrons. The molecule has 0 aromatic carbocycles. The Kier molecular flexibility index (Phi) is 11.2. The van der Waals surface area contributed by atoms with Crippen LogP contribution in [0, 0.1) is 5.41 Å². The van der Waals surface area contributed by atoms with Crippen molar-refractivity contribution in [3.8, 4) is 0 Å². The van der Waals surface area contributed by atoms with E-state index in [4.69, 9.17) is 0 Å². The van der Waals surface area contributed by atoms with E-state index in [9.17, 15) is 0 Å². The first kappa shape index (κ1) is 18.5. The second kappa shape index (κ2) is 10.3. The highest BCUT2D eigenvalue weighted by molar-refractivity contribution is 5.93. The van der Waals surface area contributed by atoms with Gasteiger partial charge in [-0.2, -0.15) is 0 Å². The van der Waals surface area contributed by atoms with Gasteiger partial charge in [0.15, 0.2) is 0 Å². The van der Waals surface area contributed by atoms with Crippen molar-refractivity contribution in [3.63, 3.8) is 0 Å². The van der Waals surface area contributed by atoms with E-state index in [-0.39, 0.29) is 5.41 Å². The number of hydrogen-bond acceptors (Lipinski definition) is 1. The summed E-state index contributed by atoms with van der Waals surface area (Å²) in [5.41, 5.74) is 2.61. The lowest BCUT2D eigenvalue weighted by Gasteiger charge is -2.18. The van der Waals surface area contributed by atoms with Crippen LogP contribution in [0.1, 0.15) is 68.2 Å². The maximum Gasteiger partial charge on any atom is 0.0369 e. The molecule has 0 bridgehead atoms. The van der Waals surface area contributed by atoms with Crippen LogP contribution in [0.4, 0.5) is 0 Å². The number of rotatable bonds is 4. The lowest BCUT2D eigenvalue weighted by atomic mass is 9.88. The highest BCUT2D eigenvalue weighted by Gasteiger charge is 2.11. The molecule has 0 rings (SSSR count). The summed E-state index contributed by atoms with van der Waals surface area (Å²) in [6.07, 6.45) is 8.58. The zero-order valence-corrected chi connectivity index (χ0v) is 13.1. The van der Waals surface area contributed by atoms with Crippen molar-refractivity contribution < 1.29 is 0 Å². The summed E-state index contributed by atoms with van der Waals surface area (Å²) in [4.78, 5) is 4.43. The molecule has 0 saturated heterocycles. The van der Waals surface area contributed by atoms with E-state index >= 15 is 0 Å². The van der Waals surface area contributed by atoms with Gasteiger partial charge >= 0.3 is 0 Å². The highest BCUT2D eigenvalue weighted by Crippen LogP contribution is 2.24. The molecule has 0 N–H and O–H groups in total. The van der Waals surface area contributed by atoms with Crippen molar-refractivity contribution in [2.45, 2.75) is 68.2 Å². The summed E-state index contributed by atoms with van der Waals surface area (Å²) < 4.78 is 0. The number of unbranched alkanes of at least 4 members (excludes halogenated alkanes) is 1. The molecule has 1 nitrogen and oxygen atoms in total. The van der Waals surface area contributed by atoms with Gasteiger partial charge in [0, 0.05) is 11.9 Å². The largest absolute Gasteiger partial charge is 0.262 e. The molecule has 100 valence electrons. The molecule has 0 amide bonds. The van der Waals surface area contributed by atoms with Gasteiger partial charge < -0.3 is 0 Å². The van der Waals surface area contributed by atoms with Crippen LogP contribution >= 0.6 is 0 Å². The smallest absolute Gasteiger partial charge is 0.0369 e. The number of hydrogen-bond donors (Lipinski definition) is 0. The average molecular weight is 237 g/mol. The molecule has 0 saturated carbocycles. The van der Waals surface area contributed by atoms with E-state index in [2.05, 4.69) is 51.8 Å². The lowest BCUT2D eigenvalue weighted by Crippen LogP contribution is -2.06. The average Bonchev–Trinajstić information content (AvgIpc) is 2.27. The number of aliphatic imine (C=N–C) groups is 1. The number of allylic oxidation sites excluding steroid dienone is 3. The van der Waals surface area contributed by atoms with E-state index in [0.717, 1.165) is 12.1 Å². The third-order valence-corrected chi connectivity index (χ3v) is 2.46. The zero-order valence-electron chi connectivity index (χ0n) is 13.1. The minimum absolute atomic E-state index is 0.219. The van der Waals surface area contributed by atoms with E-state index in [1.807, 2.05) is 27.0 Å². The molecule has 0 atom stereocenters. The maximum absolute atomic E-state index is 4.43. The first-order valence-corrected chi connectivity index (χ1v) is 6.76. The molecule has 1 heteroatoms. The topological polar surface area (TPSA) is 12.4 Å². The van der Waals surface area contributed by atoms with Crippen molar-refractivity contribution in [3.05, 3.63) is 23.9 Å². The van der Waals surface area contributed by atoms with Gasteiger partial charge in [0.25, 0.3) is 0 Å². The predicted molar refractivity (Wildman–Crippen MR) is 81.7 cm³/mol. The molecule has 0 unspecified atom stereocenters. The summed E-state index contributed by atoms with van der Waals surface area (Å²) in [6, 6.07) is 0. The summed E-state index contributed by atoms with van der Waals surface area (Å²) in [6.45, 7) is 17.0. The highest BCUT2D eigenvalue weighted by atomic mass is 14.7. The van der Waals surface area contributed by atoms with Crippen LogP contribution in [0.25, 0.3) is 0 Å². The Bertz CT molecular complexity index is 262. The fourth-order valence-electron chi connectivity index (χ4n) is 0.856. The third kappa shape index (κ3) is 11.4. The Morgan fingerprint density at radius 3 is 2.06 bits per heavy atom. The third-order valence-electron chi connectivity index (χ3n) is 2.46. The van der Waals surface area contributed by atoms with Crippen LogP contribution < -0.4 is 0 Å². The Morgan fingerprint density at radius 2 is 1.65 bits per heavy atom. The van der Waals surface area contributed by atoms with Gasteiger partial charge in [-0.25, -0.2) is 0 Å². The standard InChI is InChI=1S/C14H25N.C2H6/c1-7-8-9-10-13(3)15-11-12(2)14(4,5)6;1-2/h9-11H,7-8H2,1-6H3;1-2H3/b10-9+,12-11+,15-13+;. The van der Waals surface area contributed by atoms with Crippen molar-refractivity contribution in [1.29, 1.82) is 0 Å². The molecule has 17 heavy (non-hydrogen) atoms. The van der Waals surface area contributed by atoms with Gasteiger partial charge in [-0.3, -0.25) is 4.99 Å². The van der Waals surface area contributed by atoms with Crippen molar-refractivity contribution >= 4 is 5.71 Å². The fourth-order valence-corrected chi connectivity index (χ4v) is 0.856. The van der Waals surface area contributed by atoms with Gasteiger partial charge in [0.1, 0.15) is 0 Å². The van der Waals surface area contributed by atoms with Crippen LogP contribution in [-0.4, -0.2) is 5.71 Å². The Hall–Kier alpha value is -0.850. The second-order valence-electron chi connectivity index (χ2n) is 5.02. The molecular formula is C16H31N. The molecule has 0 aromatic heterocycles. The molecule has 0 fully saturated rings. The molecular weight excluding hydrogens is 206 g/mol. The normalized spacial score (nSPS) is 13.6. The minimum Gasteiger partial charge on any atom is -0.262 e. The minimum atomic E-state index is 0.219. The van der Waals surface area contributed by atoms with E-state index in [0.29, 0.717) is 0 Å². The van der Waals surface area contributed by atoms with Gasteiger partial charge in [0.05, 0.1) is 0 Å². The molecule has 0 spiro atoms. The Morgan fingerprint density at radius 1 is 1.12 bits per heavy atom. The van der Waals surface area contributed by atoms with Crippen LogP contribution in [0.15, 0.2) is 28.9 Å². The van der Waals surface area contributed by atoms with Crippen molar-refractivity contribution in [1.82, 2.24) is 0 Å². The maximum atomic E-state index is 4.43. The first-order valence-electron chi connectivity index (χ1n) is 6.76. The van der Waals surface area contributed by atoms with E-state index in [1.54, 1.807) is 0 Å². The van der Waals surface area contributed by atoms with Gasteiger partial charge in [-0.1, -0.05) is 54.0 Å². The molecule has 0 aliphatic rings. The molecule has 0 heterocycles. The van der Waals surface area contributed by atoms with E-state index in [1.165, 1.54) is 12.0 Å². The SMILES string of the molecule is CC.CCC/C=C/C(C)=N/C=C(\C)C(C)(C)C. The molecule has 0 aliphatic carbocycles. The lowest BCUT2D eigenvalue weighted by molar-refractivity contribution is 0.502. The van der Waals surface area contributed by atoms with Crippen LogP contribution in [0.3, 0.4) is 0 Å². The van der Waals surface area contributed by atoms with Crippen LogP contribution in [0.5, 0.6) is 0 Å². The zero-order chi connectivity index (χ0) is 13.9. The quantitative estimate of drug-likeness (QED) is 0.550. The van der Waals surface area contributed by atoms with Gasteiger partial charge in [-0.15, -0.1) is 0 Å². The van der Waals surface area contributed by atoms with Crippen LogP contribution in [-0.2, 0) is 0 Å². The van der Waals surface area contributed by atoms with Crippen molar-refractivity contribution in [2.24, 2.45) is 10.4 Å². The Labute approximate surface area is 109 Å². The summed E-state index contributed by atoms with van der Waals surface area (Å²) in [5.74, 6) is 0. The summed E-state index contributed by atoms with van der Waals surface area (Å²) in [7, 11) is 0.